The van der Waals surface area contributed by atoms with Gasteiger partial charge in [-0.05, 0) is 58.9 Å². The average molecular weight is 623 g/mol. The number of aryl methyl sites for hydroxylation is 1. The van der Waals surface area contributed by atoms with Gasteiger partial charge in [0.2, 0.25) is 0 Å². The number of urea groups is 1. The summed E-state index contributed by atoms with van der Waals surface area (Å²) in [4.78, 5) is 40.2. The molecule has 2 amide bonds. The van der Waals surface area contributed by atoms with Gasteiger partial charge in [-0.1, -0.05) is 58.4 Å². The maximum absolute atomic E-state index is 14.2. The van der Waals surface area contributed by atoms with Gasteiger partial charge in [0.15, 0.2) is 0 Å². The van der Waals surface area contributed by atoms with E-state index < -0.39 is 6.03 Å². The number of amides is 2. The summed E-state index contributed by atoms with van der Waals surface area (Å²) in [6, 6.07) is 16.6. The van der Waals surface area contributed by atoms with Crippen molar-refractivity contribution in [2.45, 2.75) is 65.3 Å². The van der Waals surface area contributed by atoms with Gasteiger partial charge in [-0.25, -0.2) is 14.8 Å². The van der Waals surface area contributed by atoms with E-state index >= 15 is 0 Å². The Balaban J connectivity index is 1.59. The fraction of sp³-hybridized carbons (Fsp3) is 0.333. The molecule has 0 fully saturated rings. The summed E-state index contributed by atoms with van der Waals surface area (Å²) < 4.78 is 7.50. The molecule has 5 aromatic rings. The number of carbonyl (C=O) groups excluding carboxylic acids is 1. The van der Waals surface area contributed by atoms with Crippen LogP contribution in [0.1, 0.15) is 63.9 Å². The summed E-state index contributed by atoms with van der Waals surface area (Å²) in [5, 5.41) is 15.9. The molecule has 0 aliphatic rings. The average Bonchev–Trinajstić information content (AvgIpc) is 3.54. The molecule has 0 spiro atoms. The normalized spacial score (nSPS) is 11.5. The van der Waals surface area contributed by atoms with E-state index in [-0.39, 0.29) is 23.3 Å². The Kier molecular flexibility index (Phi) is 10.2. The number of H-pyrrole nitrogens is 1. The van der Waals surface area contributed by atoms with E-state index in [1.165, 1.54) is 0 Å². The number of unbranched alkanes of at least 4 members (excludes halogenated alkanes) is 1. The SMILES string of the molecule is CCCCn1c(=O)c(NC(=O)Nc2cc(Cc3ncc[nH]3)ccc2C(C)(C)C)c(-c2cccc(OCCCO)c2)c2cccnc21. The van der Waals surface area contributed by atoms with Crippen molar-refractivity contribution in [2.24, 2.45) is 0 Å². The highest BCUT2D eigenvalue weighted by molar-refractivity contribution is 6.07. The first-order valence-electron chi connectivity index (χ1n) is 15.7. The minimum Gasteiger partial charge on any atom is -0.493 e. The first kappa shape index (κ1) is 32.4. The van der Waals surface area contributed by atoms with Crippen LogP contribution in [0.25, 0.3) is 22.2 Å². The fourth-order valence-corrected chi connectivity index (χ4v) is 5.53. The highest BCUT2D eigenvalue weighted by atomic mass is 16.5. The highest BCUT2D eigenvalue weighted by Gasteiger charge is 2.23. The third-order valence-corrected chi connectivity index (χ3v) is 7.76. The third kappa shape index (κ3) is 7.46. The van der Waals surface area contributed by atoms with E-state index in [1.807, 2.05) is 54.6 Å². The molecule has 4 N–H and O–H groups in total. The van der Waals surface area contributed by atoms with Gasteiger partial charge >= 0.3 is 6.03 Å². The number of pyridine rings is 2. The van der Waals surface area contributed by atoms with Crippen LogP contribution in [0.2, 0.25) is 0 Å². The zero-order valence-electron chi connectivity index (χ0n) is 26.9. The summed E-state index contributed by atoms with van der Waals surface area (Å²) in [7, 11) is 0. The van der Waals surface area contributed by atoms with Crippen molar-refractivity contribution in [1.82, 2.24) is 19.5 Å². The van der Waals surface area contributed by atoms with Crippen LogP contribution < -0.4 is 20.9 Å². The monoisotopic (exact) mass is 622 g/mol. The van der Waals surface area contributed by atoms with Crippen LogP contribution in [0.15, 0.2) is 78.0 Å². The Morgan fingerprint density at radius 1 is 1.02 bits per heavy atom. The van der Waals surface area contributed by atoms with E-state index in [2.05, 4.69) is 53.3 Å². The van der Waals surface area contributed by atoms with Gasteiger partial charge in [0.1, 0.15) is 22.9 Å². The lowest BCUT2D eigenvalue weighted by molar-refractivity contribution is 0.233. The zero-order chi connectivity index (χ0) is 32.7. The number of hydrogen-bond donors (Lipinski definition) is 4. The van der Waals surface area contributed by atoms with Crippen molar-refractivity contribution in [2.75, 3.05) is 23.8 Å². The lowest BCUT2D eigenvalue weighted by Gasteiger charge is -2.24. The van der Waals surface area contributed by atoms with Crippen LogP contribution in [0.4, 0.5) is 16.2 Å². The van der Waals surface area contributed by atoms with Crippen molar-refractivity contribution in [3.8, 4) is 16.9 Å². The predicted molar refractivity (Wildman–Crippen MR) is 183 cm³/mol. The molecule has 0 atom stereocenters. The number of aromatic nitrogens is 4. The number of fused-ring (bicyclic) bond motifs is 1. The molecule has 0 aliphatic heterocycles. The number of hydrogen-bond acceptors (Lipinski definition) is 6. The summed E-state index contributed by atoms with van der Waals surface area (Å²) in [6.07, 6.45) is 7.92. The molecule has 10 nitrogen and oxygen atoms in total. The van der Waals surface area contributed by atoms with E-state index in [0.717, 1.165) is 35.2 Å². The standard InChI is InChI=1S/C36H42N6O4/c1-5-6-18-42-33-27(12-8-15-39-33)31(25-10-7-11-26(23-25)46-20-9-19-43)32(34(42)44)41-35(45)40-29-21-24(22-30-37-16-17-38-30)13-14-28(29)36(2,3)4/h7-8,10-17,21,23,43H,5-6,9,18-20,22H2,1-4H3,(H,37,38)(H2,40,41,45). The summed E-state index contributed by atoms with van der Waals surface area (Å²) >= 11 is 0. The second-order valence-corrected chi connectivity index (χ2v) is 12.3. The Bertz CT molecular complexity index is 1860. The number of nitrogens with zero attached hydrogens (tertiary/aromatic N) is 3. The number of ether oxygens (including phenoxy) is 1. The number of imidazole rings is 1. The predicted octanol–water partition coefficient (Wildman–Crippen LogP) is 6.88. The lowest BCUT2D eigenvalue weighted by Crippen LogP contribution is -2.30. The van der Waals surface area contributed by atoms with Crippen LogP contribution in [0.3, 0.4) is 0 Å². The molecule has 0 bridgehead atoms. The molecule has 0 saturated heterocycles. The van der Waals surface area contributed by atoms with Gasteiger partial charge in [0, 0.05) is 61.2 Å². The fourth-order valence-electron chi connectivity index (χ4n) is 5.53. The first-order chi connectivity index (χ1) is 22.2. The molecule has 240 valence electrons. The number of nitrogens with one attached hydrogen (secondary N) is 3. The summed E-state index contributed by atoms with van der Waals surface area (Å²) in [6.45, 7) is 9.18. The third-order valence-electron chi connectivity index (χ3n) is 7.76. The van der Waals surface area contributed by atoms with Crippen molar-refractivity contribution in [3.05, 3.63) is 100 Å². The molecule has 10 heteroatoms. The molecule has 46 heavy (non-hydrogen) atoms. The van der Waals surface area contributed by atoms with E-state index in [1.54, 1.807) is 23.2 Å². The molecule has 0 unspecified atom stereocenters. The number of benzene rings is 2. The van der Waals surface area contributed by atoms with Gasteiger partial charge in [-0.3, -0.25) is 9.36 Å². The van der Waals surface area contributed by atoms with Crippen LogP contribution in [-0.4, -0.2) is 43.9 Å². The van der Waals surface area contributed by atoms with Gasteiger partial charge < -0.3 is 25.5 Å². The summed E-state index contributed by atoms with van der Waals surface area (Å²) in [5.74, 6) is 1.42. The van der Waals surface area contributed by atoms with Crippen LogP contribution in [-0.2, 0) is 18.4 Å². The van der Waals surface area contributed by atoms with E-state index in [4.69, 9.17) is 4.74 Å². The van der Waals surface area contributed by atoms with Crippen LogP contribution >= 0.6 is 0 Å². The number of carbonyl (C=O) groups is 1. The molecule has 0 aliphatic carbocycles. The lowest BCUT2D eigenvalue weighted by atomic mass is 9.85. The van der Waals surface area contributed by atoms with Gasteiger partial charge in [-0.2, -0.15) is 0 Å². The Hall–Kier alpha value is -4.96. The van der Waals surface area contributed by atoms with Crippen molar-refractivity contribution >= 4 is 28.4 Å². The Morgan fingerprint density at radius 3 is 2.61 bits per heavy atom. The molecule has 2 aromatic carbocycles. The van der Waals surface area contributed by atoms with Crippen molar-refractivity contribution in [3.63, 3.8) is 0 Å². The number of aliphatic hydroxyl groups is 1. The number of aromatic amines is 1. The van der Waals surface area contributed by atoms with Gasteiger partial charge in [0.25, 0.3) is 5.56 Å². The maximum atomic E-state index is 14.2. The quantitative estimate of drug-likeness (QED) is 0.112. The maximum Gasteiger partial charge on any atom is 0.323 e. The highest BCUT2D eigenvalue weighted by Crippen LogP contribution is 2.35. The smallest absolute Gasteiger partial charge is 0.323 e. The topological polar surface area (TPSA) is 134 Å². The Morgan fingerprint density at radius 2 is 1.87 bits per heavy atom. The Labute approximate surface area is 268 Å². The molecule has 0 radical (unpaired) electrons. The van der Waals surface area contributed by atoms with Crippen molar-refractivity contribution in [1.29, 1.82) is 0 Å². The minimum absolute atomic E-state index is 0.0256. The zero-order valence-corrected chi connectivity index (χ0v) is 26.9. The second kappa shape index (κ2) is 14.4. The molecule has 3 heterocycles. The first-order valence-corrected chi connectivity index (χ1v) is 15.7. The molecule has 5 rings (SSSR count). The van der Waals surface area contributed by atoms with Gasteiger partial charge in [-0.15, -0.1) is 0 Å². The largest absolute Gasteiger partial charge is 0.493 e. The number of aliphatic hydroxyl groups excluding tert-OH is 1. The molecular formula is C36H42N6O4. The van der Waals surface area contributed by atoms with E-state index in [9.17, 15) is 14.7 Å². The molecule has 0 saturated carbocycles. The molecule has 3 aromatic heterocycles. The number of rotatable bonds is 12. The van der Waals surface area contributed by atoms with Crippen LogP contribution in [0, 0.1) is 0 Å². The second-order valence-electron chi connectivity index (χ2n) is 12.3. The van der Waals surface area contributed by atoms with Crippen LogP contribution in [0.5, 0.6) is 5.75 Å². The van der Waals surface area contributed by atoms with E-state index in [0.29, 0.717) is 54.2 Å². The number of anilines is 2. The molecular weight excluding hydrogens is 580 g/mol. The van der Waals surface area contributed by atoms with Gasteiger partial charge in [0.05, 0.1) is 6.61 Å². The van der Waals surface area contributed by atoms with Crippen molar-refractivity contribution < 1.29 is 14.6 Å². The minimum atomic E-state index is -0.528. The summed E-state index contributed by atoms with van der Waals surface area (Å²) in [5.41, 5.74) is 3.98.